The van der Waals surface area contributed by atoms with Gasteiger partial charge in [-0.1, -0.05) is 42.5 Å². The normalized spacial score (nSPS) is 14.8. The summed E-state index contributed by atoms with van der Waals surface area (Å²) < 4.78 is 30.5. The molecule has 0 aliphatic carbocycles. The van der Waals surface area contributed by atoms with Crippen molar-refractivity contribution in [3.05, 3.63) is 63.3 Å². The highest BCUT2D eigenvalue weighted by Crippen LogP contribution is 2.22. The molecule has 2 aromatic carbocycles. The van der Waals surface area contributed by atoms with E-state index in [4.69, 9.17) is 0 Å². The number of benzene rings is 2. The number of hydrogen-bond acceptors (Lipinski definition) is 5. The van der Waals surface area contributed by atoms with E-state index in [1.54, 1.807) is 22.8 Å². The molecule has 1 aliphatic heterocycles. The minimum absolute atomic E-state index is 0.0440. The van der Waals surface area contributed by atoms with E-state index in [2.05, 4.69) is 33.9 Å². The third kappa shape index (κ3) is 4.51. The van der Waals surface area contributed by atoms with Crippen molar-refractivity contribution in [2.45, 2.75) is 44.2 Å². The number of sulfonamides is 1. The first kappa shape index (κ1) is 21.2. The number of nitrogens with one attached hydrogen (secondary N) is 1. The Balaban J connectivity index is 1.35. The van der Waals surface area contributed by atoms with E-state index in [1.165, 1.54) is 11.1 Å². The smallest absolute Gasteiger partial charge is 0.299 e. The monoisotopic (exact) mass is 445 g/mol. The summed E-state index contributed by atoms with van der Waals surface area (Å²) in [6.07, 6.45) is 2.66. The van der Waals surface area contributed by atoms with Crippen LogP contribution in [0.3, 0.4) is 0 Å². The van der Waals surface area contributed by atoms with Crippen molar-refractivity contribution in [1.82, 2.24) is 14.2 Å². The summed E-state index contributed by atoms with van der Waals surface area (Å²) >= 11 is 1.10. The van der Waals surface area contributed by atoms with E-state index in [9.17, 15) is 13.2 Å². The van der Waals surface area contributed by atoms with Crippen LogP contribution in [0.4, 0.5) is 0 Å². The number of thiazole rings is 1. The van der Waals surface area contributed by atoms with Gasteiger partial charge in [-0.25, -0.2) is 13.1 Å². The Morgan fingerprint density at radius 2 is 1.90 bits per heavy atom. The fraction of sp³-hybridized carbons (Fsp3) is 0.409. The van der Waals surface area contributed by atoms with E-state index < -0.39 is 10.0 Å². The fourth-order valence-corrected chi connectivity index (χ4v) is 6.12. The molecule has 1 N–H and O–H groups in total. The molecule has 8 heteroatoms. The van der Waals surface area contributed by atoms with Crippen LogP contribution >= 0.6 is 11.3 Å². The van der Waals surface area contributed by atoms with E-state index in [0.717, 1.165) is 55.8 Å². The first-order chi connectivity index (χ1) is 14.5. The number of rotatable bonds is 8. The lowest BCUT2D eigenvalue weighted by Gasteiger charge is -2.28. The Bertz CT molecular complexity index is 1200. The molecule has 0 fully saturated rings. The maximum absolute atomic E-state index is 12.7. The number of aryl methyl sites for hydroxylation is 1. The van der Waals surface area contributed by atoms with Crippen LogP contribution in [0.25, 0.3) is 10.2 Å². The van der Waals surface area contributed by atoms with Gasteiger partial charge in [-0.2, -0.15) is 0 Å². The standard InChI is InChI=1S/C22H27N3O3S2/c1-2-12-25-20-9-8-19(15-21(20)29-22(25)26)30(27,28)23-11-5-13-24-14-10-17-6-3-4-7-18(17)16-24/h3-4,6-9,15,23H,2,5,10-14,16H2,1H3. The number of hydrogen-bond donors (Lipinski definition) is 1. The number of nitrogens with zero attached hydrogens (tertiary/aromatic N) is 2. The molecule has 0 saturated carbocycles. The van der Waals surface area contributed by atoms with Crippen molar-refractivity contribution in [3.8, 4) is 0 Å². The topological polar surface area (TPSA) is 71.4 Å². The van der Waals surface area contributed by atoms with E-state index in [1.807, 2.05) is 6.92 Å². The van der Waals surface area contributed by atoms with Gasteiger partial charge in [0.2, 0.25) is 10.0 Å². The molecule has 0 spiro atoms. The van der Waals surface area contributed by atoms with Crippen molar-refractivity contribution < 1.29 is 8.42 Å². The van der Waals surface area contributed by atoms with Crippen LogP contribution in [0.15, 0.2) is 52.2 Å². The van der Waals surface area contributed by atoms with Crippen molar-refractivity contribution in [2.75, 3.05) is 19.6 Å². The highest BCUT2D eigenvalue weighted by Gasteiger charge is 2.18. The molecule has 3 aromatic rings. The molecule has 30 heavy (non-hydrogen) atoms. The second-order valence-electron chi connectivity index (χ2n) is 7.70. The SMILES string of the molecule is CCCn1c(=O)sc2cc(S(=O)(=O)NCCCN3CCc4ccccc4C3)ccc21. The van der Waals surface area contributed by atoms with Crippen LogP contribution in [-0.2, 0) is 29.5 Å². The maximum atomic E-state index is 12.7. The summed E-state index contributed by atoms with van der Waals surface area (Å²) in [5, 5.41) is 0. The number of aromatic nitrogens is 1. The highest BCUT2D eigenvalue weighted by molar-refractivity contribution is 7.89. The zero-order chi connectivity index (χ0) is 21.1. The molecule has 0 unspecified atom stereocenters. The molecular weight excluding hydrogens is 418 g/mol. The zero-order valence-electron chi connectivity index (χ0n) is 17.1. The van der Waals surface area contributed by atoms with Crippen LogP contribution in [0.2, 0.25) is 0 Å². The quantitative estimate of drug-likeness (QED) is 0.541. The fourth-order valence-electron chi connectivity index (χ4n) is 3.99. The lowest BCUT2D eigenvalue weighted by Crippen LogP contribution is -2.33. The van der Waals surface area contributed by atoms with Gasteiger partial charge in [0, 0.05) is 26.2 Å². The van der Waals surface area contributed by atoms with Crippen LogP contribution in [0.5, 0.6) is 0 Å². The second kappa shape index (κ2) is 9.01. The Kier molecular flexibility index (Phi) is 6.38. The zero-order valence-corrected chi connectivity index (χ0v) is 18.8. The van der Waals surface area contributed by atoms with Crippen LogP contribution < -0.4 is 9.60 Å². The summed E-state index contributed by atoms with van der Waals surface area (Å²) in [6, 6.07) is 13.4. The first-order valence-electron chi connectivity index (χ1n) is 10.4. The molecule has 4 rings (SSSR count). The molecule has 160 valence electrons. The molecule has 0 radical (unpaired) electrons. The molecule has 1 aliphatic rings. The lowest BCUT2D eigenvalue weighted by atomic mass is 10.00. The third-order valence-corrected chi connectivity index (χ3v) is 7.95. The van der Waals surface area contributed by atoms with Gasteiger partial charge in [0.15, 0.2) is 0 Å². The predicted octanol–water partition coefficient (Wildman–Crippen LogP) is 3.20. The average molecular weight is 446 g/mol. The third-order valence-electron chi connectivity index (χ3n) is 5.55. The summed E-state index contributed by atoms with van der Waals surface area (Å²) in [7, 11) is -3.59. The molecule has 0 atom stereocenters. The van der Waals surface area contributed by atoms with Gasteiger partial charge >= 0.3 is 4.87 Å². The van der Waals surface area contributed by atoms with Gasteiger partial charge in [-0.3, -0.25) is 14.3 Å². The van der Waals surface area contributed by atoms with E-state index in [0.29, 0.717) is 17.8 Å². The predicted molar refractivity (Wildman–Crippen MR) is 122 cm³/mol. The summed E-state index contributed by atoms with van der Waals surface area (Å²) in [4.78, 5) is 14.7. The highest BCUT2D eigenvalue weighted by atomic mass is 32.2. The Hall–Kier alpha value is -2.00. The Labute approximate surface area is 181 Å². The van der Waals surface area contributed by atoms with Crippen molar-refractivity contribution in [2.24, 2.45) is 0 Å². The van der Waals surface area contributed by atoms with Gasteiger partial charge in [-0.05, 0) is 55.1 Å². The Morgan fingerprint density at radius 1 is 1.10 bits per heavy atom. The molecule has 1 aromatic heterocycles. The minimum Gasteiger partial charge on any atom is -0.299 e. The summed E-state index contributed by atoms with van der Waals surface area (Å²) in [5.41, 5.74) is 3.59. The van der Waals surface area contributed by atoms with Gasteiger partial charge in [0.1, 0.15) is 0 Å². The van der Waals surface area contributed by atoms with Gasteiger partial charge < -0.3 is 0 Å². The summed E-state index contributed by atoms with van der Waals surface area (Å²) in [6.45, 7) is 5.84. The molecule has 0 saturated heterocycles. The van der Waals surface area contributed by atoms with Crippen molar-refractivity contribution in [3.63, 3.8) is 0 Å². The second-order valence-corrected chi connectivity index (χ2v) is 10.5. The molecule has 0 bridgehead atoms. The maximum Gasteiger partial charge on any atom is 0.308 e. The first-order valence-corrected chi connectivity index (χ1v) is 12.7. The van der Waals surface area contributed by atoms with Crippen LogP contribution in [0, 0.1) is 0 Å². The average Bonchev–Trinajstić information content (AvgIpc) is 3.06. The van der Waals surface area contributed by atoms with E-state index >= 15 is 0 Å². The summed E-state index contributed by atoms with van der Waals surface area (Å²) in [5.74, 6) is 0. The van der Waals surface area contributed by atoms with Crippen molar-refractivity contribution in [1.29, 1.82) is 0 Å². The molecular formula is C22H27N3O3S2. The molecule has 0 amide bonds. The Morgan fingerprint density at radius 3 is 2.70 bits per heavy atom. The van der Waals surface area contributed by atoms with Crippen LogP contribution in [0.1, 0.15) is 30.9 Å². The molecule has 2 heterocycles. The minimum atomic E-state index is -3.59. The van der Waals surface area contributed by atoms with E-state index in [-0.39, 0.29) is 9.77 Å². The van der Waals surface area contributed by atoms with Gasteiger partial charge in [0.05, 0.1) is 15.1 Å². The van der Waals surface area contributed by atoms with Crippen LogP contribution in [-0.4, -0.2) is 37.5 Å². The molecule has 6 nitrogen and oxygen atoms in total. The lowest BCUT2D eigenvalue weighted by molar-refractivity contribution is 0.251. The van der Waals surface area contributed by atoms with Gasteiger partial charge in [-0.15, -0.1) is 0 Å². The number of fused-ring (bicyclic) bond motifs is 2. The van der Waals surface area contributed by atoms with Gasteiger partial charge in [0.25, 0.3) is 0 Å². The van der Waals surface area contributed by atoms with Crippen molar-refractivity contribution >= 4 is 31.6 Å². The largest absolute Gasteiger partial charge is 0.308 e.